The molecule has 1 unspecified atom stereocenters. The highest BCUT2D eigenvalue weighted by Crippen LogP contribution is 2.09. The predicted octanol–water partition coefficient (Wildman–Crippen LogP) is 2.41. The Bertz CT molecular complexity index is 414. The Morgan fingerprint density at radius 1 is 1.22 bits per heavy atom. The quantitative estimate of drug-likeness (QED) is 0.825. The van der Waals surface area contributed by atoms with Crippen molar-refractivity contribution in [3.63, 3.8) is 0 Å². The van der Waals surface area contributed by atoms with Crippen LogP contribution in [0.3, 0.4) is 0 Å². The van der Waals surface area contributed by atoms with Crippen molar-refractivity contribution in [1.29, 1.82) is 0 Å². The fourth-order valence-electron chi connectivity index (χ4n) is 1.69. The Hall–Kier alpha value is -1.19. The first-order valence-electron chi connectivity index (χ1n) is 5.96. The number of benzene rings is 1. The average Bonchev–Trinajstić information content (AvgIpc) is 2.29. The number of carbonyl (C=O) groups is 2. The molecule has 0 aliphatic rings. The second kappa shape index (κ2) is 7.29. The largest absolute Gasteiger partial charge is 0.307 e. The molecule has 3 nitrogen and oxygen atoms in total. The highest BCUT2D eigenvalue weighted by Gasteiger charge is 2.14. The normalized spacial score (nSPS) is 12.2. The summed E-state index contributed by atoms with van der Waals surface area (Å²) in [5.74, 6) is 0.0236. The van der Waals surface area contributed by atoms with Gasteiger partial charge in [0.1, 0.15) is 11.6 Å². The van der Waals surface area contributed by atoms with Crippen LogP contribution in [-0.4, -0.2) is 24.2 Å². The van der Waals surface area contributed by atoms with Gasteiger partial charge in [-0.3, -0.25) is 9.59 Å². The highest BCUT2D eigenvalue weighted by atomic mass is 35.5. The van der Waals surface area contributed by atoms with Crippen LogP contribution in [0.1, 0.15) is 25.8 Å². The van der Waals surface area contributed by atoms with Gasteiger partial charge in [0.2, 0.25) is 0 Å². The third-order valence-electron chi connectivity index (χ3n) is 2.70. The SMILES string of the molecule is CC(=O)CC(NCCc1ccc(Cl)cc1)C(C)=O. The van der Waals surface area contributed by atoms with E-state index in [4.69, 9.17) is 11.6 Å². The van der Waals surface area contributed by atoms with E-state index in [0.29, 0.717) is 11.6 Å². The molecule has 4 heteroatoms. The van der Waals surface area contributed by atoms with Crippen LogP contribution >= 0.6 is 11.6 Å². The zero-order chi connectivity index (χ0) is 13.5. The van der Waals surface area contributed by atoms with E-state index in [9.17, 15) is 9.59 Å². The van der Waals surface area contributed by atoms with E-state index in [2.05, 4.69) is 5.32 Å². The Morgan fingerprint density at radius 2 is 1.83 bits per heavy atom. The second-order valence-corrected chi connectivity index (χ2v) is 4.84. The molecule has 0 radical (unpaired) electrons. The molecular weight excluding hydrogens is 250 g/mol. The second-order valence-electron chi connectivity index (χ2n) is 4.40. The van der Waals surface area contributed by atoms with Crippen LogP contribution in [0.25, 0.3) is 0 Å². The number of rotatable bonds is 7. The number of nitrogens with one attached hydrogen (secondary N) is 1. The van der Waals surface area contributed by atoms with E-state index in [0.717, 1.165) is 12.0 Å². The molecule has 1 aromatic carbocycles. The molecule has 0 amide bonds. The van der Waals surface area contributed by atoms with Gasteiger partial charge in [0.05, 0.1) is 6.04 Å². The summed E-state index contributed by atoms with van der Waals surface area (Å²) < 4.78 is 0. The Labute approximate surface area is 113 Å². The molecule has 98 valence electrons. The minimum Gasteiger partial charge on any atom is -0.307 e. The number of ketones is 2. The Kier molecular flexibility index (Phi) is 6.02. The monoisotopic (exact) mass is 267 g/mol. The summed E-state index contributed by atoms with van der Waals surface area (Å²) in [6.45, 7) is 3.67. The molecule has 1 rings (SSSR count). The Morgan fingerprint density at radius 3 is 2.33 bits per heavy atom. The average molecular weight is 268 g/mol. The smallest absolute Gasteiger partial charge is 0.147 e. The summed E-state index contributed by atoms with van der Waals surface area (Å²) in [5.41, 5.74) is 1.15. The van der Waals surface area contributed by atoms with E-state index in [-0.39, 0.29) is 24.0 Å². The molecule has 0 aliphatic carbocycles. The van der Waals surface area contributed by atoms with Crippen molar-refractivity contribution in [2.75, 3.05) is 6.54 Å². The van der Waals surface area contributed by atoms with E-state index < -0.39 is 0 Å². The summed E-state index contributed by atoms with van der Waals surface area (Å²) in [6, 6.07) is 7.23. The van der Waals surface area contributed by atoms with Crippen molar-refractivity contribution < 1.29 is 9.59 Å². The Balaban J connectivity index is 2.41. The molecule has 0 heterocycles. The number of carbonyl (C=O) groups excluding carboxylic acids is 2. The van der Waals surface area contributed by atoms with Crippen molar-refractivity contribution >= 4 is 23.2 Å². The van der Waals surface area contributed by atoms with Gasteiger partial charge in [0, 0.05) is 11.4 Å². The van der Waals surface area contributed by atoms with Gasteiger partial charge in [-0.15, -0.1) is 0 Å². The van der Waals surface area contributed by atoms with Crippen molar-refractivity contribution in [3.05, 3.63) is 34.9 Å². The van der Waals surface area contributed by atoms with Gasteiger partial charge in [-0.05, 0) is 44.5 Å². The maximum absolute atomic E-state index is 11.3. The lowest BCUT2D eigenvalue weighted by molar-refractivity contribution is -0.124. The fraction of sp³-hybridized carbons (Fsp3) is 0.429. The predicted molar refractivity (Wildman–Crippen MR) is 72.9 cm³/mol. The van der Waals surface area contributed by atoms with Crippen LogP contribution in [0, 0.1) is 0 Å². The standard InChI is InChI=1S/C14H18ClNO2/c1-10(17)9-14(11(2)18)16-8-7-12-3-5-13(15)6-4-12/h3-6,14,16H,7-9H2,1-2H3. The van der Waals surface area contributed by atoms with Gasteiger partial charge in [-0.2, -0.15) is 0 Å². The molecule has 18 heavy (non-hydrogen) atoms. The van der Waals surface area contributed by atoms with Crippen LogP contribution in [0.2, 0.25) is 5.02 Å². The first-order valence-corrected chi connectivity index (χ1v) is 6.34. The molecule has 0 fully saturated rings. The molecule has 1 N–H and O–H groups in total. The third kappa shape index (κ3) is 5.43. The number of hydrogen-bond donors (Lipinski definition) is 1. The molecule has 0 saturated carbocycles. The molecule has 0 bridgehead atoms. The highest BCUT2D eigenvalue weighted by molar-refractivity contribution is 6.30. The molecule has 1 atom stereocenters. The van der Waals surface area contributed by atoms with Gasteiger partial charge in [-0.25, -0.2) is 0 Å². The lowest BCUT2D eigenvalue weighted by Gasteiger charge is -2.14. The number of Topliss-reactive ketones (excluding diaryl/α,β-unsaturated/α-hetero) is 2. The van der Waals surface area contributed by atoms with Gasteiger partial charge >= 0.3 is 0 Å². The zero-order valence-corrected chi connectivity index (χ0v) is 11.5. The van der Waals surface area contributed by atoms with E-state index in [1.54, 1.807) is 0 Å². The summed E-state index contributed by atoms with van der Waals surface area (Å²) >= 11 is 5.80. The summed E-state index contributed by atoms with van der Waals surface area (Å²) in [4.78, 5) is 22.4. The molecule has 0 spiro atoms. The zero-order valence-electron chi connectivity index (χ0n) is 10.7. The minimum absolute atomic E-state index is 0.00121. The van der Waals surface area contributed by atoms with Gasteiger partial charge in [0.15, 0.2) is 0 Å². The number of halogens is 1. The maximum Gasteiger partial charge on any atom is 0.147 e. The first kappa shape index (κ1) is 14.9. The van der Waals surface area contributed by atoms with E-state index in [1.165, 1.54) is 13.8 Å². The van der Waals surface area contributed by atoms with Crippen molar-refractivity contribution in [2.45, 2.75) is 32.7 Å². The molecule has 0 aromatic heterocycles. The van der Waals surface area contributed by atoms with Crippen LogP contribution in [0.15, 0.2) is 24.3 Å². The summed E-state index contributed by atoms with van der Waals surface area (Å²) in [7, 11) is 0. The van der Waals surface area contributed by atoms with Crippen LogP contribution < -0.4 is 5.32 Å². The van der Waals surface area contributed by atoms with E-state index in [1.807, 2.05) is 24.3 Å². The first-order chi connectivity index (χ1) is 8.49. The fourth-order valence-corrected chi connectivity index (χ4v) is 1.81. The lowest BCUT2D eigenvalue weighted by atomic mass is 10.1. The summed E-state index contributed by atoms with van der Waals surface area (Å²) in [5, 5.41) is 3.82. The lowest BCUT2D eigenvalue weighted by Crippen LogP contribution is -2.38. The van der Waals surface area contributed by atoms with Crippen LogP contribution in [0.5, 0.6) is 0 Å². The molecule has 1 aromatic rings. The molecular formula is C14H18ClNO2. The van der Waals surface area contributed by atoms with Gasteiger partial charge in [-0.1, -0.05) is 23.7 Å². The molecule has 0 saturated heterocycles. The van der Waals surface area contributed by atoms with E-state index >= 15 is 0 Å². The van der Waals surface area contributed by atoms with Gasteiger partial charge in [0.25, 0.3) is 0 Å². The third-order valence-corrected chi connectivity index (χ3v) is 2.95. The topological polar surface area (TPSA) is 46.2 Å². The van der Waals surface area contributed by atoms with Crippen molar-refractivity contribution in [3.8, 4) is 0 Å². The van der Waals surface area contributed by atoms with Gasteiger partial charge < -0.3 is 5.32 Å². The maximum atomic E-state index is 11.3. The minimum atomic E-state index is -0.366. The van der Waals surface area contributed by atoms with Crippen molar-refractivity contribution in [2.24, 2.45) is 0 Å². The summed E-state index contributed by atoms with van der Waals surface area (Å²) in [6.07, 6.45) is 1.06. The van der Waals surface area contributed by atoms with Crippen LogP contribution in [0.4, 0.5) is 0 Å². The molecule has 0 aliphatic heterocycles. The van der Waals surface area contributed by atoms with Crippen LogP contribution in [-0.2, 0) is 16.0 Å². The number of hydrogen-bond acceptors (Lipinski definition) is 3. The van der Waals surface area contributed by atoms with Crippen molar-refractivity contribution in [1.82, 2.24) is 5.32 Å².